The monoisotopic (exact) mass is 224 g/mol. The fraction of sp³-hybridized carbons (Fsp3) is 0.615. The second kappa shape index (κ2) is 4.93. The summed E-state index contributed by atoms with van der Waals surface area (Å²) in [6.07, 6.45) is 4.86. The Morgan fingerprint density at radius 3 is 2.75 bits per heavy atom. The lowest BCUT2D eigenvalue weighted by molar-refractivity contribution is -0.117. The van der Waals surface area contributed by atoms with Crippen LogP contribution in [0.4, 0.5) is 0 Å². The maximum atomic E-state index is 11.4. The third-order valence-corrected chi connectivity index (χ3v) is 3.06. The molecule has 0 spiro atoms. The summed E-state index contributed by atoms with van der Waals surface area (Å²) in [4.78, 5) is 11.4. The van der Waals surface area contributed by atoms with E-state index in [1.165, 1.54) is 0 Å². The molecule has 0 bridgehead atoms. The average Bonchev–Trinajstić information content (AvgIpc) is 2.14. The molecule has 1 aliphatic carbocycles. The van der Waals surface area contributed by atoms with Gasteiger partial charge in [-0.1, -0.05) is 31.6 Å². The third kappa shape index (κ3) is 3.03. The Morgan fingerprint density at radius 2 is 2.25 bits per heavy atom. The molecule has 0 saturated heterocycles. The van der Waals surface area contributed by atoms with Crippen molar-refractivity contribution in [3.05, 3.63) is 23.8 Å². The zero-order valence-electron chi connectivity index (χ0n) is 10.1. The molecule has 0 aromatic heterocycles. The number of carbonyl (C=O) groups excluding carboxylic acids is 1. The van der Waals surface area contributed by atoms with E-state index in [0.29, 0.717) is 6.42 Å². The molecular formula is C13H20O3. The first kappa shape index (κ1) is 13.1. The molecule has 90 valence electrons. The van der Waals surface area contributed by atoms with Crippen LogP contribution >= 0.6 is 0 Å². The highest BCUT2D eigenvalue weighted by molar-refractivity contribution is 5.92. The van der Waals surface area contributed by atoms with E-state index in [9.17, 15) is 9.90 Å². The fourth-order valence-corrected chi connectivity index (χ4v) is 2.28. The van der Waals surface area contributed by atoms with Crippen LogP contribution < -0.4 is 0 Å². The molecule has 0 unspecified atom stereocenters. The molecule has 0 saturated carbocycles. The Bertz CT molecular complexity index is 326. The van der Waals surface area contributed by atoms with Gasteiger partial charge in [0.1, 0.15) is 0 Å². The number of ketones is 1. The largest absolute Gasteiger partial charge is 0.393 e. The maximum Gasteiger partial charge on any atom is 0.156 e. The van der Waals surface area contributed by atoms with Crippen molar-refractivity contribution in [1.82, 2.24) is 0 Å². The number of rotatable bonds is 3. The topological polar surface area (TPSA) is 57.5 Å². The Hall–Kier alpha value is -0.930. The zero-order valence-corrected chi connectivity index (χ0v) is 10.1. The van der Waals surface area contributed by atoms with Crippen LogP contribution in [-0.4, -0.2) is 28.7 Å². The minimum absolute atomic E-state index is 0.123. The van der Waals surface area contributed by atoms with E-state index < -0.39 is 6.10 Å². The number of carbonyl (C=O) groups is 1. The van der Waals surface area contributed by atoms with Gasteiger partial charge < -0.3 is 10.2 Å². The fourth-order valence-electron chi connectivity index (χ4n) is 2.28. The molecule has 0 amide bonds. The molecule has 1 aliphatic rings. The quantitative estimate of drug-likeness (QED) is 0.713. The summed E-state index contributed by atoms with van der Waals surface area (Å²) in [5.41, 5.74) is 0.893. The van der Waals surface area contributed by atoms with Gasteiger partial charge in [0, 0.05) is 12.3 Å². The van der Waals surface area contributed by atoms with Crippen molar-refractivity contribution in [3.8, 4) is 0 Å². The average molecular weight is 224 g/mol. The van der Waals surface area contributed by atoms with Crippen molar-refractivity contribution in [3.63, 3.8) is 0 Å². The maximum absolute atomic E-state index is 11.4. The summed E-state index contributed by atoms with van der Waals surface area (Å²) < 4.78 is 0. The van der Waals surface area contributed by atoms with Gasteiger partial charge >= 0.3 is 0 Å². The van der Waals surface area contributed by atoms with Gasteiger partial charge in [-0.3, -0.25) is 4.79 Å². The molecule has 1 rings (SSSR count). The summed E-state index contributed by atoms with van der Waals surface area (Å²) in [7, 11) is 0. The minimum Gasteiger partial charge on any atom is -0.393 e. The number of hydrogen-bond acceptors (Lipinski definition) is 3. The molecule has 0 radical (unpaired) electrons. The summed E-state index contributed by atoms with van der Waals surface area (Å²) in [6, 6.07) is 0. The SMILES string of the molecule is CC1=CC(=O)CC(C)(C)[C@H]1/C=C/[C@@H](O)CO. The first-order valence-electron chi connectivity index (χ1n) is 5.55. The Morgan fingerprint density at radius 1 is 1.62 bits per heavy atom. The van der Waals surface area contributed by atoms with Gasteiger partial charge in [0.05, 0.1) is 12.7 Å². The zero-order chi connectivity index (χ0) is 12.3. The Balaban J connectivity index is 2.88. The van der Waals surface area contributed by atoms with Crippen molar-refractivity contribution in [2.24, 2.45) is 11.3 Å². The summed E-state index contributed by atoms with van der Waals surface area (Å²) in [5, 5.41) is 18.0. The van der Waals surface area contributed by atoms with Crippen LogP contribution in [0.3, 0.4) is 0 Å². The number of aliphatic hydroxyl groups is 2. The normalized spacial score (nSPS) is 26.9. The molecule has 0 aliphatic heterocycles. The highest BCUT2D eigenvalue weighted by Crippen LogP contribution is 2.40. The standard InChI is InChI=1S/C13H20O3/c1-9-6-11(16)7-13(2,3)12(9)5-4-10(15)8-14/h4-6,10,12,14-15H,7-8H2,1-3H3/b5-4+/t10-,12+/m1/s1. The van der Waals surface area contributed by atoms with Gasteiger partial charge in [-0.2, -0.15) is 0 Å². The smallest absolute Gasteiger partial charge is 0.156 e. The van der Waals surface area contributed by atoms with Gasteiger partial charge in [0.25, 0.3) is 0 Å². The lowest BCUT2D eigenvalue weighted by Gasteiger charge is -2.35. The summed E-state index contributed by atoms with van der Waals surface area (Å²) in [6.45, 7) is 5.74. The van der Waals surface area contributed by atoms with E-state index >= 15 is 0 Å². The molecule has 3 heteroatoms. The van der Waals surface area contributed by atoms with Crippen molar-refractivity contribution in [2.45, 2.75) is 33.3 Å². The van der Waals surface area contributed by atoms with Crippen LogP contribution in [0.2, 0.25) is 0 Å². The lowest BCUT2D eigenvalue weighted by atomic mass is 9.68. The summed E-state index contributed by atoms with van der Waals surface area (Å²) in [5.74, 6) is 0.307. The Kier molecular flexibility index (Phi) is 4.05. The van der Waals surface area contributed by atoms with E-state index in [2.05, 4.69) is 0 Å². The van der Waals surface area contributed by atoms with E-state index in [4.69, 9.17) is 5.11 Å². The highest BCUT2D eigenvalue weighted by Gasteiger charge is 2.34. The van der Waals surface area contributed by atoms with Gasteiger partial charge in [0.2, 0.25) is 0 Å². The first-order valence-corrected chi connectivity index (χ1v) is 5.55. The van der Waals surface area contributed by atoms with Crippen LogP contribution in [0, 0.1) is 11.3 Å². The highest BCUT2D eigenvalue weighted by atomic mass is 16.3. The minimum atomic E-state index is -0.818. The lowest BCUT2D eigenvalue weighted by Crippen LogP contribution is -2.30. The van der Waals surface area contributed by atoms with Gasteiger partial charge in [0.15, 0.2) is 5.78 Å². The number of allylic oxidation sites excluding steroid dienone is 3. The molecule has 3 nitrogen and oxygen atoms in total. The molecule has 0 heterocycles. The van der Waals surface area contributed by atoms with Crippen molar-refractivity contribution in [1.29, 1.82) is 0 Å². The summed E-state index contributed by atoms with van der Waals surface area (Å²) >= 11 is 0. The van der Waals surface area contributed by atoms with Gasteiger partial charge in [-0.15, -0.1) is 0 Å². The second-order valence-corrected chi connectivity index (χ2v) is 5.13. The number of aliphatic hydroxyl groups excluding tert-OH is 2. The van der Waals surface area contributed by atoms with Crippen LogP contribution in [0.1, 0.15) is 27.2 Å². The predicted octanol–water partition coefficient (Wildman–Crippen LogP) is 1.46. The first-order chi connectivity index (χ1) is 7.36. The van der Waals surface area contributed by atoms with Gasteiger partial charge in [-0.05, 0) is 18.4 Å². The molecule has 0 aromatic carbocycles. The van der Waals surface area contributed by atoms with E-state index in [1.54, 1.807) is 12.2 Å². The Labute approximate surface area is 96.5 Å². The van der Waals surface area contributed by atoms with E-state index in [-0.39, 0.29) is 23.7 Å². The molecule has 2 N–H and O–H groups in total. The van der Waals surface area contributed by atoms with E-state index in [1.807, 2.05) is 26.8 Å². The molecule has 0 aromatic rings. The van der Waals surface area contributed by atoms with E-state index in [0.717, 1.165) is 5.57 Å². The van der Waals surface area contributed by atoms with Crippen LogP contribution in [0.15, 0.2) is 23.8 Å². The van der Waals surface area contributed by atoms with Crippen LogP contribution in [0.5, 0.6) is 0 Å². The van der Waals surface area contributed by atoms with Crippen LogP contribution in [-0.2, 0) is 4.79 Å². The van der Waals surface area contributed by atoms with Gasteiger partial charge in [-0.25, -0.2) is 0 Å². The van der Waals surface area contributed by atoms with Crippen molar-refractivity contribution >= 4 is 5.78 Å². The van der Waals surface area contributed by atoms with Crippen molar-refractivity contribution < 1.29 is 15.0 Å². The number of hydrogen-bond donors (Lipinski definition) is 2. The third-order valence-electron chi connectivity index (χ3n) is 3.06. The molecule has 2 atom stereocenters. The van der Waals surface area contributed by atoms with Crippen LogP contribution in [0.25, 0.3) is 0 Å². The predicted molar refractivity (Wildman–Crippen MR) is 62.9 cm³/mol. The van der Waals surface area contributed by atoms with Crippen molar-refractivity contribution in [2.75, 3.05) is 6.61 Å². The molecular weight excluding hydrogens is 204 g/mol. The molecule has 16 heavy (non-hydrogen) atoms. The second-order valence-electron chi connectivity index (χ2n) is 5.13. The molecule has 0 fully saturated rings.